The van der Waals surface area contributed by atoms with Crippen molar-refractivity contribution in [2.75, 3.05) is 13.2 Å². The van der Waals surface area contributed by atoms with E-state index in [2.05, 4.69) is 0 Å². The lowest BCUT2D eigenvalue weighted by Crippen LogP contribution is -2.47. The number of rotatable bonds is 9. The summed E-state index contributed by atoms with van der Waals surface area (Å²) in [5.74, 6) is -3.07. The molecule has 0 radical (unpaired) electrons. The second-order valence-electron chi connectivity index (χ2n) is 6.75. The number of carbonyl (C=O) groups is 3. The maximum Gasteiger partial charge on any atom is 0.348 e. The van der Waals surface area contributed by atoms with Crippen molar-refractivity contribution in [2.24, 2.45) is 5.92 Å². The Morgan fingerprint density at radius 3 is 2.41 bits per heavy atom. The quantitative estimate of drug-likeness (QED) is 0.384. The van der Waals surface area contributed by atoms with Crippen LogP contribution in [-0.2, 0) is 34.2 Å². The molecule has 0 spiro atoms. The molecule has 0 saturated carbocycles. The summed E-state index contributed by atoms with van der Waals surface area (Å²) in [6.07, 6.45) is 3.99. The monoisotopic (exact) mass is 404 g/mol. The maximum atomic E-state index is 13.2. The van der Waals surface area contributed by atoms with Crippen molar-refractivity contribution in [3.63, 3.8) is 0 Å². The van der Waals surface area contributed by atoms with E-state index < -0.39 is 42.0 Å². The third-order valence-corrected chi connectivity index (χ3v) is 4.77. The van der Waals surface area contributed by atoms with E-state index in [1.54, 1.807) is 50.3 Å². The standard InChI is InChI=1S/C22H28O7/c1-3-27-19(23)15-18(20(24)28-4-2)29-21(25)22(26,16-11-7-5-8-12-16)17-13-9-6-10-14-17/h5,7-9,11-13,17-18,26H,3-4,6,10,14-15H2,1-2H3. The second kappa shape index (κ2) is 10.8. The summed E-state index contributed by atoms with van der Waals surface area (Å²) in [6, 6.07) is 8.46. The molecular weight excluding hydrogens is 376 g/mol. The van der Waals surface area contributed by atoms with Gasteiger partial charge in [-0.2, -0.15) is 0 Å². The highest BCUT2D eigenvalue weighted by molar-refractivity contribution is 5.88. The van der Waals surface area contributed by atoms with Crippen molar-refractivity contribution in [2.45, 2.75) is 51.2 Å². The van der Waals surface area contributed by atoms with Crippen LogP contribution in [0.5, 0.6) is 0 Å². The molecule has 0 bridgehead atoms. The van der Waals surface area contributed by atoms with Crippen LogP contribution < -0.4 is 0 Å². The molecule has 1 aromatic carbocycles. The first kappa shape index (κ1) is 22.6. The Morgan fingerprint density at radius 1 is 1.14 bits per heavy atom. The third kappa shape index (κ3) is 5.67. The molecule has 7 nitrogen and oxygen atoms in total. The first-order valence-corrected chi connectivity index (χ1v) is 9.91. The van der Waals surface area contributed by atoms with E-state index in [9.17, 15) is 19.5 Å². The van der Waals surface area contributed by atoms with Crippen LogP contribution >= 0.6 is 0 Å². The number of benzene rings is 1. The van der Waals surface area contributed by atoms with Gasteiger partial charge in [0.1, 0.15) is 0 Å². The van der Waals surface area contributed by atoms with Crippen molar-refractivity contribution >= 4 is 17.9 Å². The van der Waals surface area contributed by atoms with Gasteiger partial charge in [-0.15, -0.1) is 0 Å². The zero-order valence-corrected chi connectivity index (χ0v) is 16.8. The smallest absolute Gasteiger partial charge is 0.348 e. The van der Waals surface area contributed by atoms with Gasteiger partial charge in [-0.25, -0.2) is 9.59 Å². The van der Waals surface area contributed by atoms with Crippen molar-refractivity contribution in [3.8, 4) is 0 Å². The van der Waals surface area contributed by atoms with Gasteiger partial charge in [-0.1, -0.05) is 42.5 Å². The molecule has 0 amide bonds. The van der Waals surface area contributed by atoms with Gasteiger partial charge in [-0.05, 0) is 38.7 Å². The van der Waals surface area contributed by atoms with Gasteiger partial charge in [0.05, 0.1) is 19.6 Å². The van der Waals surface area contributed by atoms with E-state index in [1.165, 1.54) is 0 Å². The molecule has 0 aliphatic heterocycles. The van der Waals surface area contributed by atoms with Gasteiger partial charge in [0.25, 0.3) is 0 Å². The SMILES string of the molecule is CCOC(=O)CC(OC(=O)C(O)(c1ccccc1)C1C=CCCC1)C(=O)OCC. The van der Waals surface area contributed by atoms with Crippen molar-refractivity contribution in [1.29, 1.82) is 0 Å². The molecule has 3 atom stereocenters. The van der Waals surface area contributed by atoms with Crippen molar-refractivity contribution in [3.05, 3.63) is 48.0 Å². The highest BCUT2D eigenvalue weighted by Crippen LogP contribution is 2.38. The van der Waals surface area contributed by atoms with Gasteiger partial charge >= 0.3 is 17.9 Å². The van der Waals surface area contributed by atoms with Gasteiger partial charge in [0.15, 0.2) is 5.60 Å². The topological polar surface area (TPSA) is 99.1 Å². The van der Waals surface area contributed by atoms with Crippen molar-refractivity contribution in [1.82, 2.24) is 0 Å². The predicted molar refractivity (Wildman–Crippen MR) is 105 cm³/mol. The molecule has 0 fully saturated rings. The highest BCUT2D eigenvalue weighted by atomic mass is 16.6. The Balaban J connectivity index is 2.32. The van der Waals surface area contributed by atoms with Gasteiger partial charge < -0.3 is 19.3 Å². The lowest BCUT2D eigenvalue weighted by atomic mass is 9.76. The van der Waals surface area contributed by atoms with E-state index in [0.29, 0.717) is 12.0 Å². The minimum Gasteiger partial charge on any atom is -0.466 e. The van der Waals surface area contributed by atoms with Crippen LogP contribution in [0.4, 0.5) is 0 Å². The third-order valence-electron chi connectivity index (χ3n) is 4.77. The minimum atomic E-state index is -1.99. The Morgan fingerprint density at radius 2 is 1.83 bits per heavy atom. The summed E-state index contributed by atoms with van der Waals surface area (Å²) in [5, 5.41) is 11.5. The molecule has 3 unspecified atom stereocenters. The molecular formula is C22H28O7. The Kier molecular flexibility index (Phi) is 8.39. The predicted octanol–water partition coefficient (Wildman–Crippen LogP) is 2.66. The molecule has 0 heterocycles. The molecule has 1 aliphatic rings. The number of allylic oxidation sites excluding steroid dienone is 1. The van der Waals surface area contributed by atoms with Crippen LogP contribution in [0.3, 0.4) is 0 Å². The fourth-order valence-corrected chi connectivity index (χ4v) is 3.33. The molecule has 1 aliphatic carbocycles. The van der Waals surface area contributed by atoms with Crippen LogP contribution in [0.1, 0.15) is 45.1 Å². The minimum absolute atomic E-state index is 0.0595. The lowest BCUT2D eigenvalue weighted by molar-refractivity contribution is -0.187. The van der Waals surface area contributed by atoms with E-state index in [0.717, 1.165) is 12.8 Å². The fourth-order valence-electron chi connectivity index (χ4n) is 3.33. The Bertz CT molecular complexity index is 728. The number of aliphatic hydroxyl groups is 1. The van der Waals surface area contributed by atoms with Gasteiger partial charge in [0, 0.05) is 5.92 Å². The van der Waals surface area contributed by atoms with Crippen LogP contribution in [0, 0.1) is 5.92 Å². The van der Waals surface area contributed by atoms with Gasteiger partial charge in [-0.3, -0.25) is 4.79 Å². The van der Waals surface area contributed by atoms with Crippen LogP contribution in [-0.4, -0.2) is 42.3 Å². The van der Waals surface area contributed by atoms with Crippen LogP contribution in [0.2, 0.25) is 0 Å². The maximum absolute atomic E-state index is 13.2. The number of ether oxygens (including phenoxy) is 3. The fraction of sp³-hybridized carbons (Fsp3) is 0.500. The average molecular weight is 404 g/mol. The van der Waals surface area contributed by atoms with Gasteiger partial charge in [0.2, 0.25) is 6.10 Å². The summed E-state index contributed by atoms with van der Waals surface area (Å²) < 4.78 is 15.1. The lowest BCUT2D eigenvalue weighted by Gasteiger charge is -2.35. The van der Waals surface area contributed by atoms with Crippen molar-refractivity contribution < 1.29 is 33.7 Å². The zero-order valence-electron chi connectivity index (χ0n) is 16.8. The summed E-state index contributed by atoms with van der Waals surface area (Å²) in [6.45, 7) is 3.42. The molecule has 158 valence electrons. The molecule has 0 saturated heterocycles. The van der Waals surface area contributed by atoms with E-state index in [1.807, 2.05) is 6.08 Å². The number of hydrogen-bond acceptors (Lipinski definition) is 7. The normalized spacial score (nSPS) is 18.9. The average Bonchev–Trinajstić information content (AvgIpc) is 2.74. The Labute approximate surface area is 170 Å². The summed E-state index contributed by atoms with van der Waals surface area (Å²) in [7, 11) is 0. The van der Waals surface area contributed by atoms with E-state index in [4.69, 9.17) is 14.2 Å². The van der Waals surface area contributed by atoms with Crippen LogP contribution in [0.25, 0.3) is 0 Å². The summed E-state index contributed by atoms with van der Waals surface area (Å²) >= 11 is 0. The van der Waals surface area contributed by atoms with Crippen LogP contribution in [0.15, 0.2) is 42.5 Å². The molecule has 29 heavy (non-hydrogen) atoms. The number of carbonyl (C=O) groups excluding carboxylic acids is 3. The van der Waals surface area contributed by atoms with E-state index >= 15 is 0 Å². The molecule has 2 rings (SSSR count). The second-order valence-corrected chi connectivity index (χ2v) is 6.75. The first-order valence-electron chi connectivity index (χ1n) is 9.91. The number of esters is 3. The largest absolute Gasteiger partial charge is 0.466 e. The Hall–Kier alpha value is -2.67. The highest BCUT2D eigenvalue weighted by Gasteiger charge is 2.48. The molecule has 0 aromatic heterocycles. The van der Waals surface area contributed by atoms with E-state index in [-0.39, 0.29) is 13.2 Å². The summed E-state index contributed by atoms with van der Waals surface area (Å²) in [5.41, 5.74) is -1.63. The molecule has 7 heteroatoms. The summed E-state index contributed by atoms with van der Waals surface area (Å²) in [4.78, 5) is 37.3. The number of hydrogen-bond donors (Lipinski definition) is 1. The molecule has 1 N–H and O–H groups in total. The first-order chi connectivity index (χ1) is 13.9. The zero-order chi connectivity index (χ0) is 21.3. The molecule has 1 aromatic rings.